The fourth-order valence-electron chi connectivity index (χ4n) is 2.32. The van der Waals surface area contributed by atoms with Crippen molar-refractivity contribution < 1.29 is 13.7 Å². The van der Waals surface area contributed by atoms with Gasteiger partial charge in [-0.2, -0.15) is 4.98 Å². The first-order valence-corrected chi connectivity index (χ1v) is 7.76. The van der Waals surface area contributed by atoms with Gasteiger partial charge < -0.3 is 15.2 Å². The Bertz CT molecular complexity index is 862. The molecule has 2 N–H and O–H groups in total. The maximum Gasteiger partial charge on any atom is 0.319 e. The van der Waals surface area contributed by atoms with Crippen molar-refractivity contribution in [2.75, 3.05) is 5.32 Å². The van der Waals surface area contributed by atoms with E-state index in [2.05, 4.69) is 20.8 Å². The molecule has 0 spiro atoms. The van der Waals surface area contributed by atoms with Gasteiger partial charge in [0.2, 0.25) is 5.89 Å². The molecule has 0 atom stereocenters. The number of hydrogen-bond donors (Lipinski definition) is 2. The quantitative estimate of drug-likeness (QED) is 0.746. The second kappa shape index (κ2) is 7.57. The van der Waals surface area contributed by atoms with E-state index in [4.69, 9.17) is 4.52 Å². The lowest BCUT2D eigenvalue weighted by Gasteiger charge is -2.11. The van der Waals surface area contributed by atoms with E-state index in [1.54, 1.807) is 25.1 Å². The molecule has 128 valence electrons. The van der Waals surface area contributed by atoms with Crippen LogP contribution < -0.4 is 10.6 Å². The maximum atomic E-state index is 12.9. The highest BCUT2D eigenvalue weighted by Gasteiger charge is 2.10. The predicted molar refractivity (Wildman–Crippen MR) is 90.5 cm³/mol. The summed E-state index contributed by atoms with van der Waals surface area (Å²) in [5.74, 6) is 0.745. The van der Waals surface area contributed by atoms with Crippen molar-refractivity contribution in [3.8, 4) is 0 Å². The van der Waals surface area contributed by atoms with E-state index in [1.165, 1.54) is 12.1 Å². The van der Waals surface area contributed by atoms with E-state index in [9.17, 15) is 9.18 Å². The van der Waals surface area contributed by atoms with Crippen molar-refractivity contribution in [1.82, 2.24) is 15.5 Å². The second-order valence-corrected chi connectivity index (χ2v) is 5.50. The van der Waals surface area contributed by atoms with E-state index < -0.39 is 0 Å². The van der Waals surface area contributed by atoms with Crippen LogP contribution in [-0.2, 0) is 13.0 Å². The number of carbonyl (C=O) groups excluding carboxylic acids is 1. The van der Waals surface area contributed by atoms with Crippen molar-refractivity contribution in [1.29, 1.82) is 0 Å². The van der Waals surface area contributed by atoms with Crippen LogP contribution in [0, 0.1) is 12.7 Å². The Hall–Kier alpha value is -3.22. The van der Waals surface area contributed by atoms with Crippen LogP contribution in [-0.4, -0.2) is 16.2 Å². The summed E-state index contributed by atoms with van der Waals surface area (Å²) in [5, 5.41) is 9.30. The highest BCUT2D eigenvalue weighted by molar-refractivity contribution is 5.90. The van der Waals surface area contributed by atoms with Gasteiger partial charge in [0.15, 0.2) is 5.82 Å². The Morgan fingerprint density at radius 1 is 1.16 bits per heavy atom. The van der Waals surface area contributed by atoms with Crippen LogP contribution in [0.1, 0.15) is 22.8 Å². The van der Waals surface area contributed by atoms with Crippen LogP contribution in [0.15, 0.2) is 53.1 Å². The van der Waals surface area contributed by atoms with Gasteiger partial charge in [0.05, 0.1) is 6.42 Å². The average molecular weight is 340 g/mol. The average Bonchev–Trinajstić information content (AvgIpc) is 3.01. The number of nitrogens with zero attached hydrogens (tertiary/aromatic N) is 2. The fraction of sp³-hybridized carbons (Fsp3) is 0.167. The van der Waals surface area contributed by atoms with Crippen LogP contribution in [0.25, 0.3) is 0 Å². The first-order chi connectivity index (χ1) is 12.1. The number of amides is 2. The van der Waals surface area contributed by atoms with Crippen molar-refractivity contribution in [3.05, 3.63) is 77.2 Å². The fourth-order valence-corrected chi connectivity index (χ4v) is 2.32. The number of aromatic nitrogens is 2. The maximum absolute atomic E-state index is 12.9. The summed E-state index contributed by atoms with van der Waals surface area (Å²) in [5.41, 5.74) is 2.34. The molecule has 7 heteroatoms. The third kappa shape index (κ3) is 4.63. The van der Waals surface area contributed by atoms with Crippen LogP contribution in [0.3, 0.4) is 0 Å². The lowest BCUT2D eigenvalue weighted by molar-refractivity contribution is 0.251. The van der Waals surface area contributed by atoms with Crippen LogP contribution in [0.2, 0.25) is 0 Å². The van der Waals surface area contributed by atoms with Gasteiger partial charge in [-0.05, 0) is 36.2 Å². The molecule has 0 aliphatic carbocycles. The first-order valence-electron chi connectivity index (χ1n) is 7.76. The number of urea groups is 1. The molecule has 1 aromatic heterocycles. The molecule has 3 rings (SSSR count). The molecule has 0 saturated carbocycles. The Labute approximate surface area is 144 Å². The molecule has 0 radical (unpaired) electrons. The van der Waals surface area contributed by atoms with E-state index in [0.717, 1.165) is 11.1 Å². The van der Waals surface area contributed by atoms with Crippen molar-refractivity contribution in [2.24, 2.45) is 0 Å². The molecule has 1 heterocycles. The van der Waals surface area contributed by atoms with Gasteiger partial charge in [0.25, 0.3) is 0 Å². The summed E-state index contributed by atoms with van der Waals surface area (Å²) in [6.07, 6.45) is 0.426. The van der Waals surface area contributed by atoms with Crippen molar-refractivity contribution >= 4 is 11.7 Å². The number of para-hydroxylation sites is 1. The van der Waals surface area contributed by atoms with Gasteiger partial charge in [-0.15, -0.1) is 0 Å². The van der Waals surface area contributed by atoms with E-state index in [0.29, 0.717) is 30.4 Å². The zero-order valence-corrected chi connectivity index (χ0v) is 13.6. The first kappa shape index (κ1) is 16.6. The van der Waals surface area contributed by atoms with Gasteiger partial charge in [0, 0.05) is 12.2 Å². The number of nitrogens with one attached hydrogen (secondary N) is 2. The van der Waals surface area contributed by atoms with Crippen molar-refractivity contribution in [2.45, 2.75) is 19.9 Å². The number of aryl methyl sites for hydroxylation is 1. The number of benzene rings is 2. The smallest absolute Gasteiger partial charge is 0.319 e. The number of rotatable bonds is 5. The SMILES string of the molecule is Cc1noc(Cc2ccccc2NC(=O)NCc2ccc(F)cc2)n1. The Morgan fingerprint density at radius 2 is 1.92 bits per heavy atom. The van der Waals surface area contributed by atoms with E-state index in [-0.39, 0.29) is 11.8 Å². The summed E-state index contributed by atoms with van der Waals surface area (Å²) >= 11 is 0. The molecule has 0 bridgehead atoms. The lowest BCUT2D eigenvalue weighted by Crippen LogP contribution is -2.28. The Balaban J connectivity index is 1.61. The second-order valence-electron chi connectivity index (χ2n) is 5.50. The van der Waals surface area contributed by atoms with Crippen LogP contribution in [0.4, 0.5) is 14.9 Å². The highest BCUT2D eigenvalue weighted by atomic mass is 19.1. The summed E-state index contributed by atoms with van der Waals surface area (Å²) in [4.78, 5) is 16.3. The minimum absolute atomic E-state index is 0.303. The summed E-state index contributed by atoms with van der Waals surface area (Å²) < 4.78 is 18.0. The molecule has 25 heavy (non-hydrogen) atoms. The van der Waals surface area contributed by atoms with E-state index >= 15 is 0 Å². The van der Waals surface area contributed by atoms with Crippen LogP contribution >= 0.6 is 0 Å². The zero-order chi connectivity index (χ0) is 17.6. The third-order valence-corrected chi connectivity index (χ3v) is 3.54. The molecule has 0 fully saturated rings. The molecule has 0 aliphatic heterocycles. The van der Waals surface area contributed by atoms with Crippen LogP contribution in [0.5, 0.6) is 0 Å². The summed E-state index contributed by atoms with van der Waals surface area (Å²) in [6.45, 7) is 2.05. The third-order valence-electron chi connectivity index (χ3n) is 3.54. The summed E-state index contributed by atoms with van der Waals surface area (Å²) in [7, 11) is 0. The highest BCUT2D eigenvalue weighted by Crippen LogP contribution is 2.18. The number of hydrogen-bond acceptors (Lipinski definition) is 4. The number of carbonyl (C=O) groups is 1. The largest absolute Gasteiger partial charge is 0.339 e. The van der Waals surface area contributed by atoms with Gasteiger partial charge in [0.1, 0.15) is 5.82 Å². The molecule has 0 saturated heterocycles. The van der Waals surface area contributed by atoms with Gasteiger partial charge in [-0.3, -0.25) is 0 Å². The van der Waals surface area contributed by atoms with E-state index in [1.807, 2.05) is 18.2 Å². The molecule has 2 aromatic carbocycles. The zero-order valence-electron chi connectivity index (χ0n) is 13.6. The Kier molecular flexibility index (Phi) is 5.03. The molecule has 2 amide bonds. The normalized spacial score (nSPS) is 10.5. The van der Waals surface area contributed by atoms with Gasteiger partial charge in [-0.1, -0.05) is 35.5 Å². The molecular weight excluding hydrogens is 323 g/mol. The topological polar surface area (TPSA) is 80.0 Å². The predicted octanol–water partition coefficient (Wildman–Crippen LogP) is 3.43. The van der Waals surface area contributed by atoms with Gasteiger partial charge >= 0.3 is 6.03 Å². The van der Waals surface area contributed by atoms with Crippen molar-refractivity contribution in [3.63, 3.8) is 0 Å². The minimum Gasteiger partial charge on any atom is -0.339 e. The number of halogens is 1. The lowest BCUT2D eigenvalue weighted by atomic mass is 10.1. The molecule has 3 aromatic rings. The molecule has 0 unspecified atom stereocenters. The molecular formula is C18H17FN4O2. The monoisotopic (exact) mass is 340 g/mol. The summed E-state index contributed by atoms with van der Waals surface area (Å²) in [6, 6.07) is 13.0. The molecule has 0 aliphatic rings. The molecule has 6 nitrogen and oxygen atoms in total. The Morgan fingerprint density at radius 3 is 2.64 bits per heavy atom. The standard InChI is InChI=1S/C18H17FN4O2/c1-12-21-17(25-23-12)10-14-4-2-3-5-16(14)22-18(24)20-11-13-6-8-15(19)9-7-13/h2-9H,10-11H2,1H3,(H2,20,22,24). The number of anilines is 1. The van der Waals surface area contributed by atoms with Gasteiger partial charge in [-0.25, -0.2) is 9.18 Å². The minimum atomic E-state index is -0.349.